The standard InChI is InChI=1S/C16H18ClN3O6S/c1-9-6-12(17)4-5-13(9)19-14(21)8-25-15(22)7-18-27(23,24)16-10(2)20-26-11(16)3/h4-6,18H,7-8H2,1-3H3,(H,19,21). The molecule has 1 heterocycles. The van der Waals surface area contributed by atoms with Gasteiger partial charge >= 0.3 is 5.97 Å². The minimum atomic E-state index is -3.99. The number of nitrogens with zero attached hydrogens (tertiary/aromatic N) is 1. The number of nitrogens with one attached hydrogen (secondary N) is 2. The lowest BCUT2D eigenvalue weighted by molar-refractivity contribution is -0.146. The number of aryl methyl sites for hydroxylation is 3. The Bertz CT molecular complexity index is 951. The molecule has 0 spiro atoms. The van der Waals surface area contributed by atoms with Gasteiger partial charge in [0, 0.05) is 10.7 Å². The molecule has 1 aromatic heterocycles. The third kappa shape index (κ3) is 5.52. The van der Waals surface area contributed by atoms with Crippen LogP contribution in [0.1, 0.15) is 17.0 Å². The summed E-state index contributed by atoms with van der Waals surface area (Å²) in [5.74, 6) is -1.37. The zero-order valence-electron chi connectivity index (χ0n) is 14.8. The van der Waals surface area contributed by atoms with Gasteiger partial charge < -0.3 is 14.6 Å². The minimum Gasteiger partial charge on any atom is -0.455 e. The van der Waals surface area contributed by atoms with Gasteiger partial charge in [-0.2, -0.15) is 4.72 Å². The van der Waals surface area contributed by atoms with Crippen LogP contribution in [0.25, 0.3) is 0 Å². The van der Waals surface area contributed by atoms with E-state index in [1.54, 1.807) is 25.1 Å². The second-order valence-corrected chi connectivity index (χ2v) is 7.79. The van der Waals surface area contributed by atoms with Crippen LogP contribution in [0.5, 0.6) is 0 Å². The highest BCUT2D eigenvalue weighted by Gasteiger charge is 2.25. The van der Waals surface area contributed by atoms with Gasteiger partial charge in [-0.15, -0.1) is 0 Å². The Morgan fingerprint density at radius 3 is 2.56 bits per heavy atom. The van der Waals surface area contributed by atoms with Gasteiger partial charge in [-0.3, -0.25) is 9.59 Å². The van der Waals surface area contributed by atoms with Crippen LogP contribution < -0.4 is 10.0 Å². The van der Waals surface area contributed by atoms with Crippen LogP contribution in [-0.4, -0.2) is 38.6 Å². The number of anilines is 1. The number of carbonyl (C=O) groups is 2. The molecule has 0 saturated carbocycles. The van der Waals surface area contributed by atoms with Gasteiger partial charge in [0.2, 0.25) is 10.0 Å². The fourth-order valence-corrected chi connectivity index (χ4v) is 3.76. The lowest BCUT2D eigenvalue weighted by Gasteiger charge is -2.10. The first-order valence-corrected chi connectivity index (χ1v) is 9.60. The summed E-state index contributed by atoms with van der Waals surface area (Å²) in [6.45, 7) is 3.47. The number of amides is 1. The van der Waals surface area contributed by atoms with E-state index in [4.69, 9.17) is 20.9 Å². The number of benzene rings is 1. The van der Waals surface area contributed by atoms with E-state index in [-0.39, 0.29) is 16.3 Å². The summed E-state index contributed by atoms with van der Waals surface area (Å²) < 4.78 is 36.0. The topological polar surface area (TPSA) is 128 Å². The van der Waals surface area contributed by atoms with Crippen LogP contribution in [0.4, 0.5) is 5.69 Å². The van der Waals surface area contributed by atoms with E-state index in [0.717, 1.165) is 5.56 Å². The van der Waals surface area contributed by atoms with E-state index < -0.39 is 35.1 Å². The van der Waals surface area contributed by atoms with Gasteiger partial charge in [-0.05, 0) is 44.5 Å². The fraction of sp³-hybridized carbons (Fsp3) is 0.312. The van der Waals surface area contributed by atoms with Crippen molar-refractivity contribution in [3.8, 4) is 0 Å². The number of ether oxygens (including phenoxy) is 1. The van der Waals surface area contributed by atoms with Gasteiger partial charge in [0.1, 0.15) is 17.1 Å². The number of carbonyl (C=O) groups excluding carboxylic acids is 2. The Morgan fingerprint density at radius 2 is 1.96 bits per heavy atom. The largest absolute Gasteiger partial charge is 0.455 e. The molecule has 27 heavy (non-hydrogen) atoms. The summed E-state index contributed by atoms with van der Waals surface area (Å²) in [7, 11) is -3.99. The van der Waals surface area contributed by atoms with Crippen molar-refractivity contribution in [3.05, 3.63) is 40.2 Å². The van der Waals surface area contributed by atoms with Crippen molar-refractivity contribution in [3.63, 3.8) is 0 Å². The lowest BCUT2D eigenvalue weighted by atomic mass is 10.2. The van der Waals surface area contributed by atoms with Crippen LogP contribution in [0, 0.1) is 20.8 Å². The van der Waals surface area contributed by atoms with Gasteiger partial charge in [-0.1, -0.05) is 16.8 Å². The third-order valence-electron chi connectivity index (χ3n) is 3.47. The molecule has 0 saturated heterocycles. The zero-order chi connectivity index (χ0) is 20.2. The molecule has 2 N–H and O–H groups in total. The first-order valence-electron chi connectivity index (χ1n) is 7.74. The Balaban J connectivity index is 1.84. The van der Waals surface area contributed by atoms with Crippen molar-refractivity contribution in [1.82, 2.24) is 9.88 Å². The van der Waals surface area contributed by atoms with Crippen molar-refractivity contribution in [2.45, 2.75) is 25.7 Å². The van der Waals surface area contributed by atoms with Crippen molar-refractivity contribution < 1.29 is 27.3 Å². The summed E-state index contributed by atoms with van der Waals surface area (Å²) in [5, 5.41) is 6.65. The highest BCUT2D eigenvalue weighted by molar-refractivity contribution is 7.89. The van der Waals surface area contributed by atoms with E-state index in [1.807, 2.05) is 0 Å². The molecule has 0 aliphatic carbocycles. The molecular weight excluding hydrogens is 398 g/mol. The van der Waals surface area contributed by atoms with E-state index in [9.17, 15) is 18.0 Å². The average molecular weight is 416 g/mol. The Kier molecular flexibility index (Phi) is 6.58. The van der Waals surface area contributed by atoms with Gasteiger partial charge in [-0.25, -0.2) is 8.42 Å². The molecule has 11 heteroatoms. The maximum absolute atomic E-state index is 12.2. The molecule has 1 amide bonds. The van der Waals surface area contributed by atoms with Crippen LogP contribution in [0.15, 0.2) is 27.6 Å². The van der Waals surface area contributed by atoms with Crippen molar-refractivity contribution in [2.75, 3.05) is 18.5 Å². The molecule has 0 fully saturated rings. The Morgan fingerprint density at radius 1 is 1.26 bits per heavy atom. The smallest absolute Gasteiger partial charge is 0.321 e. The summed E-state index contributed by atoms with van der Waals surface area (Å²) in [4.78, 5) is 23.4. The molecule has 2 rings (SSSR count). The zero-order valence-corrected chi connectivity index (χ0v) is 16.4. The summed E-state index contributed by atoms with van der Waals surface area (Å²) in [5.41, 5.74) is 1.44. The molecule has 146 valence electrons. The first kappa shape index (κ1) is 20.9. The Labute approximate surface area is 161 Å². The molecule has 0 atom stereocenters. The van der Waals surface area contributed by atoms with E-state index in [2.05, 4.69) is 15.2 Å². The maximum Gasteiger partial charge on any atom is 0.321 e. The molecule has 2 aromatic rings. The summed E-state index contributed by atoms with van der Waals surface area (Å²) in [6, 6.07) is 4.90. The van der Waals surface area contributed by atoms with Crippen LogP contribution in [0.2, 0.25) is 5.02 Å². The minimum absolute atomic E-state index is 0.103. The molecule has 0 unspecified atom stereocenters. The molecule has 0 radical (unpaired) electrons. The predicted octanol–water partition coefficient (Wildman–Crippen LogP) is 1.71. The van der Waals surface area contributed by atoms with E-state index in [0.29, 0.717) is 10.7 Å². The van der Waals surface area contributed by atoms with Crippen LogP contribution in [-0.2, 0) is 24.3 Å². The number of sulfonamides is 1. The number of esters is 1. The maximum atomic E-state index is 12.2. The summed E-state index contributed by atoms with van der Waals surface area (Å²) >= 11 is 5.84. The normalized spacial score (nSPS) is 11.3. The predicted molar refractivity (Wildman–Crippen MR) is 96.9 cm³/mol. The fourth-order valence-electron chi connectivity index (χ4n) is 2.24. The number of hydrogen-bond donors (Lipinski definition) is 2. The molecule has 0 bridgehead atoms. The monoisotopic (exact) mass is 415 g/mol. The highest BCUT2D eigenvalue weighted by Crippen LogP contribution is 2.20. The quantitative estimate of drug-likeness (QED) is 0.659. The van der Waals surface area contributed by atoms with Crippen molar-refractivity contribution in [2.24, 2.45) is 0 Å². The SMILES string of the molecule is Cc1cc(Cl)ccc1NC(=O)COC(=O)CNS(=O)(=O)c1c(C)noc1C. The van der Waals surface area contributed by atoms with Crippen LogP contribution >= 0.6 is 11.6 Å². The van der Waals surface area contributed by atoms with Crippen molar-refractivity contribution in [1.29, 1.82) is 0 Å². The van der Waals surface area contributed by atoms with Crippen LogP contribution in [0.3, 0.4) is 0 Å². The molecule has 0 aliphatic heterocycles. The highest BCUT2D eigenvalue weighted by atomic mass is 35.5. The second kappa shape index (κ2) is 8.51. The van der Waals surface area contributed by atoms with Gasteiger partial charge in [0.15, 0.2) is 12.4 Å². The second-order valence-electron chi connectivity index (χ2n) is 5.65. The first-order chi connectivity index (χ1) is 12.6. The Hall–Kier alpha value is -2.43. The van der Waals surface area contributed by atoms with E-state index >= 15 is 0 Å². The van der Waals surface area contributed by atoms with Crippen molar-refractivity contribution >= 4 is 39.2 Å². The molecule has 9 nitrogen and oxygen atoms in total. The number of halogens is 1. The number of aromatic nitrogens is 1. The lowest BCUT2D eigenvalue weighted by Crippen LogP contribution is -2.32. The van der Waals surface area contributed by atoms with Gasteiger partial charge in [0.05, 0.1) is 0 Å². The average Bonchev–Trinajstić information content (AvgIpc) is 2.93. The molecule has 1 aromatic carbocycles. The molecular formula is C16H18ClN3O6S. The number of hydrogen-bond acceptors (Lipinski definition) is 7. The number of rotatable bonds is 7. The molecule has 0 aliphatic rings. The van der Waals surface area contributed by atoms with E-state index in [1.165, 1.54) is 13.8 Å². The third-order valence-corrected chi connectivity index (χ3v) is 5.35. The summed E-state index contributed by atoms with van der Waals surface area (Å²) in [6.07, 6.45) is 0. The van der Waals surface area contributed by atoms with Gasteiger partial charge in [0.25, 0.3) is 5.91 Å².